The number of para-hydroxylation sites is 1. The Bertz CT molecular complexity index is 1170. The van der Waals surface area contributed by atoms with Crippen LogP contribution in [-0.2, 0) is 9.53 Å². The van der Waals surface area contributed by atoms with Gasteiger partial charge in [-0.25, -0.2) is 9.48 Å². The van der Waals surface area contributed by atoms with Crippen molar-refractivity contribution in [3.05, 3.63) is 76.6 Å². The number of ether oxygens (including phenoxy) is 2. The molecule has 1 aliphatic rings. The smallest absolute Gasteiger partial charge is 0.363 e. The van der Waals surface area contributed by atoms with Crippen LogP contribution in [-0.4, -0.2) is 71.4 Å². The number of anilines is 1. The van der Waals surface area contributed by atoms with Gasteiger partial charge in [0, 0.05) is 44.0 Å². The van der Waals surface area contributed by atoms with Gasteiger partial charge in [-0.1, -0.05) is 18.2 Å². The number of carbonyl (C=O) groups is 2. The summed E-state index contributed by atoms with van der Waals surface area (Å²) in [6.07, 6.45) is 1.57. The van der Waals surface area contributed by atoms with Crippen LogP contribution >= 0.6 is 0 Å². The molecule has 4 rings (SSSR count). The standard InChI is InChI=1S/C23H23N5O6/c1-33-20-15-27(18-5-3-2-4-6-18)24-22(20)23(30)34-16-21(29)26-13-11-25(12-14-26)17-7-9-19(10-8-17)28(31)32/h2-10,15H,11-14,16H2,1H3. The van der Waals surface area contributed by atoms with Crippen LogP contribution in [0.2, 0.25) is 0 Å². The van der Waals surface area contributed by atoms with Crippen molar-refractivity contribution in [1.29, 1.82) is 0 Å². The number of benzene rings is 2. The predicted octanol–water partition coefficient (Wildman–Crippen LogP) is 2.29. The van der Waals surface area contributed by atoms with Crippen LogP contribution in [0.4, 0.5) is 11.4 Å². The number of aromatic nitrogens is 2. The Kier molecular flexibility index (Phi) is 6.72. The number of amides is 1. The van der Waals surface area contributed by atoms with Gasteiger partial charge in [-0.3, -0.25) is 14.9 Å². The second-order valence-corrected chi connectivity index (χ2v) is 7.54. The Morgan fingerprint density at radius 3 is 2.29 bits per heavy atom. The molecule has 0 aliphatic carbocycles. The van der Waals surface area contributed by atoms with Gasteiger partial charge in [0.25, 0.3) is 11.6 Å². The molecule has 1 fully saturated rings. The number of hydrogen-bond donors (Lipinski definition) is 0. The van der Waals surface area contributed by atoms with Gasteiger partial charge in [0.2, 0.25) is 5.69 Å². The van der Waals surface area contributed by atoms with Gasteiger partial charge < -0.3 is 19.3 Å². The normalized spacial score (nSPS) is 13.4. The lowest BCUT2D eigenvalue weighted by atomic mass is 10.2. The molecule has 1 saturated heterocycles. The van der Waals surface area contributed by atoms with E-state index in [2.05, 4.69) is 5.10 Å². The Morgan fingerprint density at radius 2 is 1.68 bits per heavy atom. The summed E-state index contributed by atoms with van der Waals surface area (Å²) in [5, 5.41) is 15.1. The van der Waals surface area contributed by atoms with E-state index in [4.69, 9.17) is 9.47 Å². The van der Waals surface area contributed by atoms with Crippen LogP contribution in [0.1, 0.15) is 10.5 Å². The Labute approximate surface area is 195 Å². The van der Waals surface area contributed by atoms with E-state index in [1.54, 1.807) is 23.2 Å². The molecule has 1 aromatic heterocycles. The van der Waals surface area contributed by atoms with Crippen LogP contribution in [0.3, 0.4) is 0 Å². The zero-order chi connectivity index (χ0) is 24.1. The molecule has 2 aromatic carbocycles. The first-order valence-corrected chi connectivity index (χ1v) is 10.6. The van der Waals surface area contributed by atoms with Crippen molar-refractivity contribution in [2.24, 2.45) is 0 Å². The van der Waals surface area contributed by atoms with Crippen LogP contribution in [0.25, 0.3) is 5.69 Å². The largest absolute Gasteiger partial charge is 0.493 e. The molecule has 0 radical (unpaired) electrons. The average Bonchev–Trinajstić information content (AvgIpc) is 3.32. The minimum absolute atomic E-state index is 0.0119. The van der Waals surface area contributed by atoms with Gasteiger partial charge >= 0.3 is 5.97 Å². The van der Waals surface area contributed by atoms with Crippen molar-refractivity contribution in [2.75, 3.05) is 44.8 Å². The highest BCUT2D eigenvalue weighted by molar-refractivity contribution is 5.92. The molecule has 0 bridgehead atoms. The van der Waals surface area contributed by atoms with E-state index in [1.807, 2.05) is 35.2 Å². The number of rotatable bonds is 7. The second kappa shape index (κ2) is 10.0. The Balaban J connectivity index is 1.31. The molecule has 176 valence electrons. The molecule has 11 heteroatoms. The number of carbonyl (C=O) groups excluding carboxylic acids is 2. The Morgan fingerprint density at radius 1 is 1.00 bits per heavy atom. The van der Waals surface area contributed by atoms with Crippen molar-refractivity contribution >= 4 is 23.3 Å². The molecule has 1 aliphatic heterocycles. The summed E-state index contributed by atoms with van der Waals surface area (Å²) < 4.78 is 12.0. The first-order valence-electron chi connectivity index (χ1n) is 10.6. The Hall–Kier alpha value is -4.41. The maximum absolute atomic E-state index is 12.6. The SMILES string of the molecule is COc1cn(-c2ccccc2)nc1C(=O)OCC(=O)N1CCN(c2ccc([N+](=O)[O-])cc2)CC1. The van der Waals surface area contributed by atoms with Crippen LogP contribution < -0.4 is 9.64 Å². The molecule has 0 N–H and O–H groups in total. The highest BCUT2D eigenvalue weighted by atomic mass is 16.6. The molecular weight excluding hydrogens is 442 g/mol. The summed E-state index contributed by atoms with van der Waals surface area (Å²) in [6, 6.07) is 15.5. The fourth-order valence-corrected chi connectivity index (χ4v) is 3.65. The third-order valence-electron chi connectivity index (χ3n) is 5.50. The zero-order valence-corrected chi connectivity index (χ0v) is 18.5. The van der Waals surface area contributed by atoms with Crippen molar-refractivity contribution in [1.82, 2.24) is 14.7 Å². The third-order valence-corrected chi connectivity index (χ3v) is 5.50. The fourth-order valence-electron chi connectivity index (χ4n) is 3.65. The predicted molar refractivity (Wildman–Crippen MR) is 122 cm³/mol. The lowest BCUT2D eigenvalue weighted by Crippen LogP contribution is -2.49. The summed E-state index contributed by atoms with van der Waals surface area (Å²) in [7, 11) is 1.43. The molecule has 0 unspecified atom stereocenters. The quantitative estimate of drug-likeness (QED) is 0.296. The molecule has 11 nitrogen and oxygen atoms in total. The number of non-ortho nitro benzene ring substituents is 1. The van der Waals surface area contributed by atoms with Gasteiger partial charge in [0.1, 0.15) is 0 Å². The van der Waals surface area contributed by atoms with E-state index >= 15 is 0 Å². The fraction of sp³-hybridized carbons (Fsp3) is 0.261. The van der Waals surface area contributed by atoms with Crippen molar-refractivity contribution in [2.45, 2.75) is 0 Å². The molecule has 3 aromatic rings. The van der Waals surface area contributed by atoms with E-state index < -0.39 is 17.5 Å². The summed E-state index contributed by atoms with van der Waals surface area (Å²) in [5.74, 6) is -0.805. The van der Waals surface area contributed by atoms with Crippen LogP contribution in [0.5, 0.6) is 5.75 Å². The van der Waals surface area contributed by atoms with Crippen molar-refractivity contribution < 1.29 is 24.0 Å². The number of nitro groups is 1. The van der Waals surface area contributed by atoms with Gasteiger partial charge in [-0.05, 0) is 24.3 Å². The van der Waals surface area contributed by atoms with Gasteiger partial charge in [0.05, 0.1) is 23.9 Å². The summed E-state index contributed by atoms with van der Waals surface area (Å²) >= 11 is 0. The highest BCUT2D eigenvalue weighted by Crippen LogP contribution is 2.22. The average molecular weight is 465 g/mol. The minimum atomic E-state index is -0.746. The lowest BCUT2D eigenvalue weighted by Gasteiger charge is -2.36. The minimum Gasteiger partial charge on any atom is -0.493 e. The molecule has 34 heavy (non-hydrogen) atoms. The number of nitrogens with zero attached hydrogens (tertiary/aromatic N) is 5. The summed E-state index contributed by atoms with van der Waals surface area (Å²) in [4.78, 5) is 39.2. The number of piperazine rings is 1. The molecule has 1 amide bonds. The number of methoxy groups -OCH3 is 1. The second-order valence-electron chi connectivity index (χ2n) is 7.54. The first kappa shape index (κ1) is 22.8. The monoisotopic (exact) mass is 465 g/mol. The van der Waals surface area contributed by atoms with E-state index in [1.165, 1.54) is 23.9 Å². The van der Waals surface area contributed by atoms with Gasteiger partial charge in [-0.2, -0.15) is 5.10 Å². The molecule has 2 heterocycles. The number of nitro benzene ring substituents is 1. The topological polar surface area (TPSA) is 120 Å². The highest BCUT2D eigenvalue weighted by Gasteiger charge is 2.25. The lowest BCUT2D eigenvalue weighted by molar-refractivity contribution is -0.384. The number of hydrogen-bond acceptors (Lipinski definition) is 8. The maximum Gasteiger partial charge on any atom is 0.363 e. The van der Waals surface area contributed by atoms with Gasteiger partial charge in [-0.15, -0.1) is 0 Å². The number of esters is 1. The van der Waals surface area contributed by atoms with E-state index in [0.717, 1.165) is 11.4 Å². The zero-order valence-electron chi connectivity index (χ0n) is 18.5. The first-order chi connectivity index (χ1) is 16.5. The van der Waals surface area contributed by atoms with E-state index in [9.17, 15) is 19.7 Å². The summed E-state index contributed by atoms with van der Waals surface area (Å²) in [6.45, 7) is 1.61. The molecule has 0 atom stereocenters. The summed E-state index contributed by atoms with van der Waals surface area (Å²) in [5.41, 5.74) is 1.62. The van der Waals surface area contributed by atoms with Crippen molar-refractivity contribution in [3.63, 3.8) is 0 Å². The van der Waals surface area contributed by atoms with Crippen molar-refractivity contribution in [3.8, 4) is 11.4 Å². The molecule has 0 spiro atoms. The van der Waals surface area contributed by atoms with Gasteiger partial charge in [0.15, 0.2) is 12.4 Å². The van der Waals surface area contributed by atoms with E-state index in [0.29, 0.717) is 26.2 Å². The van der Waals surface area contributed by atoms with Crippen LogP contribution in [0, 0.1) is 10.1 Å². The molecular formula is C23H23N5O6. The maximum atomic E-state index is 12.6. The third kappa shape index (κ3) is 4.98. The van der Waals surface area contributed by atoms with E-state index in [-0.39, 0.29) is 23.0 Å². The molecule has 0 saturated carbocycles. The van der Waals surface area contributed by atoms with Crippen LogP contribution in [0.15, 0.2) is 60.8 Å².